The monoisotopic (exact) mass is 310 g/mol. The lowest BCUT2D eigenvalue weighted by Crippen LogP contribution is -1.92. The Morgan fingerprint density at radius 1 is 1.00 bits per heavy atom. The van der Waals surface area contributed by atoms with Gasteiger partial charge in [-0.15, -0.1) is 0 Å². The molecule has 0 atom stereocenters. The molecule has 2 nitrogen and oxygen atoms in total. The summed E-state index contributed by atoms with van der Waals surface area (Å²) in [7, 11) is 0. The van der Waals surface area contributed by atoms with Crippen molar-refractivity contribution >= 4 is 43.3 Å². The largest absolute Gasteiger partial charge is 0.298 e. The van der Waals surface area contributed by atoms with Crippen LogP contribution in [0.2, 0.25) is 0 Å². The molecule has 0 saturated carbocycles. The molecule has 0 aliphatic heterocycles. The molecular weight excluding hydrogens is 300 g/mol. The molecule has 0 fully saturated rings. The minimum atomic E-state index is 1.01. The van der Waals surface area contributed by atoms with Crippen LogP contribution in [0.4, 0.5) is 0 Å². The van der Waals surface area contributed by atoms with Gasteiger partial charge in [-0.05, 0) is 33.8 Å². The molecule has 0 aliphatic rings. The Kier molecular flexibility index (Phi) is 2.21. The lowest BCUT2D eigenvalue weighted by atomic mass is 10.0. The summed E-state index contributed by atoms with van der Waals surface area (Å²) < 4.78 is 3.30. The van der Waals surface area contributed by atoms with Crippen LogP contribution in [0.1, 0.15) is 5.56 Å². The summed E-state index contributed by atoms with van der Waals surface area (Å²) in [5.74, 6) is 0. The summed E-state index contributed by atoms with van der Waals surface area (Å²) in [6.45, 7) is 2.11. The molecule has 0 amide bonds. The fourth-order valence-electron chi connectivity index (χ4n) is 2.71. The number of nitrogens with zero attached hydrogens (tertiary/aromatic N) is 2. The van der Waals surface area contributed by atoms with E-state index >= 15 is 0 Å². The number of rotatable bonds is 0. The van der Waals surface area contributed by atoms with Crippen molar-refractivity contribution in [2.45, 2.75) is 6.92 Å². The van der Waals surface area contributed by atoms with Gasteiger partial charge in [0, 0.05) is 27.6 Å². The Labute approximate surface area is 118 Å². The molecular formula is C16H11BrN2. The first-order chi connectivity index (χ1) is 9.27. The van der Waals surface area contributed by atoms with Crippen LogP contribution in [-0.2, 0) is 0 Å². The number of benzene rings is 2. The fraction of sp³-hybridized carbons (Fsp3) is 0.0625. The summed E-state index contributed by atoms with van der Waals surface area (Å²) in [5, 5.41) is 3.69. The average molecular weight is 311 g/mol. The van der Waals surface area contributed by atoms with E-state index in [0.29, 0.717) is 0 Å². The van der Waals surface area contributed by atoms with Crippen molar-refractivity contribution in [2.75, 3.05) is 0 Å². The molecule has 0 radical (unpaired) electrons. The molecule has 0 N–H and O–H groups in total. The molecule has 2 aromatic heterocycles. The van der Waals surface area contributed by atoms with Gasteiger partial charge in [0.05, 0.1) is 5.52 Å². The van der Waals surface area contributed by atoms with E-state index in [4.69, 9.17) is 0 Å². The van der Waals surface area contributed by atoms with E-state index in [1.54, 1.807) is 0 Å². The third-order valence-corrected chi connectivity index (χ3v) is 4.65. The summed E-state index contributed by atoms with van der Waals surface area (Å²) >= 11 is 3.72. The van der Waals surface area contributed by atoms with E-state index < -0.39 is 0 Å². The molecule has 2 heterocycles. The number of fused-ring (bicyclic) bond motifs is 6. The SMILES string of the molecule is Cc1ccc2c3ccccc3c3nccn3c2c1Br. The first-order valence-electron chi connectivity index (χ1n) is 6.20. The maximum atomic E-state index is 4.51. The third kappa shape index (κ3) is 1.39. The Morgan fingerprint density at radius 3 is 2.63 bits per heavy atom. The molecule has 2 aromatic carbocycles. The predicted octanol–water partition coefficient (Wildman–Crippen LogP) is 4.71. The summed E-state index contributed by atoms with van der Waals surface area (Å²) in [6.07, 6.45) is 3.88. The van der Waals surface area contributed by atoms with E-state index in [0.717, 1.165) is 10.1 Å². The first-order valence-corrected chi connectivity index (χ1v) is 6.99. The van der Waals surface area contributed by atoms with Crippen LogP contribution in [0.5, 0.6) is 0 Å². The number of aromatic nitrogens is 2. The number of pyridine rings is 1. The molecule has 3 heteroatoms. The van der Waals surface area contributed by atoms with Crippen molar-refractivity contribution in [3.63, 3.8) is 0 Å². The van der Waals surface area contributed by atoms with Gasteiger partial charge in [0.15, 0.2) is 0 Å². The molecule has 0 saturated heterocycles. The first kappa shape index (κ1) is 11.0. The highest BCUT2D eigenvalue weighted by molar-refractivity contribution is 9.10. The number of hydrogen-bond acceptors (Lipinski definition) is 1. The van der Waals surface area contributed by atoms with Gasteiger partial charge in [-0.1, -0.05) is 36.4 Å². The highest BCUT2D eigenvalue weighted by atomic mass is 79.9. The maximum absolute atomic E-state index is 4.51. The standard InChI is InChI=1S/C16H11BrN2/c1-10-6-7-12-11-4-2-3-5-13(11)16-18-8-9-19(16)15(12)14(10)17/h2-9H,1H3. The Bertz CT molecular complexity index is 938. The van der Waals surface area contributed by atoms with Crippen LogP contribution in [0, 0.1) is 6.92 Å². The van der Waals surface area contributed by atoms with E-state index in [-0.39, 0.29) is 0 Å². The fourth-order valence-corrected chi connectivity index (χ4v) is 3.25. The van der Waals surface area contributed by atoms with Crippen molar-refractivity contribution in [3.05, 3.63) is 58.8 Å². The topological polar surface area (TPSA) is 17.3 Å². The number of halogens is 1. The zero-order chi connectivity index (χ0) is 13.0. The zero-order valence-electron chi connectivity index (χ0n) is 10.4. The van der Waals surface area contributed by atoms with Crippen LogP contribution in [-0.4, -0.2) is 9.38 Å². The lowest BCUT2D eigenvalue weighted by molar-refractivity contribution is 1.25. The van der Waals surface area contributed by atoms with Gasteiger partial charge in [-0.2, -0.15) is 0 Å². The zero-order valence-corrected chi connectivity index (χ0v) is 12.0. The van der Waals surface area contributed by atoms with E-state index in [9.17, 15) is 0 Å². The van der Waals surface area contributed by atoms with Gasteiger partial charge < -0.3 is 0 Å². The summed E-state index contributed by atoms with van der Waals surface area (Å²) in [6, 6.07) is 12.8. The van der Waals surface area contributed by atoms with Crippen molar-refractivity contribution < 1.29 is 0 Å². The van der Waals surface area contributed by atoms with Gasteiger partial charge >= 0.3 is 0 Å². The third-order valence-electron chi connectivity index (χ3n) is 3.65. The molecule has 0 spiro atoms. The number of hydrogen-bond donors (Lipinski definition) is 0. The van der Waals surface area contributed by atoms with Crippen LogP contribution >= 0.6 is 15.9 Å². The maximum Gasteiger partial charge on any atom is 0.145 e. The normalized spacial score (nSPS) is 11.7. The second-order valence-corrected chi connectivity index (χ2v) is 5.55. The van der Waals surface area contributed by atoms with Gasteiger partial charge in [-0.25, -0.2) is 4.98 Å². The molecule has 19 heavy (non-hydrogen) atoms. The smallest absolute Gasteiger partial charge is 0.145 e. The van der Waals surface area contributed by atoms with Gasteiger partial charge in [0.1, 0.15) is 5.65 Å². The van der Waals surface area contributed by atoms with Crippen LogP contribution in [0.3, 0.4) is 0 Å². The van der Waals surface area contributed by atoms with Crippen LogP contribution < -0.4 is 0 Å². The van der Waals surface area contributed by atoms with Gasteiger partial charge in [0.2, 0.25) is 0 Å². The second kappa shape index (κ2) is 3.81. The van der Waals surface area contributed by atoms with Crippen LogP contribution in [0.15, 0.2) is 53.3 Å². The van der Waals surface area contributed by atoms with Gasteiger partial charge in [0.25, 0.3) is 0 Å². The quantitative estimate of drug-likeness (QED) is 0.430. The molecule has 0 bridgehead atoms. The Balaban J connectivity index is 2.46. The van der Waals surface area contributed by atoms with E-state index in [1.165, 1.54) is 27.2 Å². The lowest BCUT2D eigenvalue weighted by Gasteiger charge is -2.11. The second-order valence-electron chi connectivity index (χ2n) is 4.76. The number of imidazole rings is 1. The Morgan fingerprint density at radius 2 is 1.79 bits per heavy atom. The summed E-state index contributed by atoms with van der Waals surface area (Å²) in [4.78, 5) is 4.51. The van der Waals surface area contributed by atoms with Crippen molar-refractivity contribution in [3.8, 4) is 0 Å². The van der Waals surface area contributed by atoms with E-state index in [1.807, 2.05) is 12.4 Å². The van der Waals surface area contributed by atoms with E-state index in [2.05, 4.69) is 68.6 Å². The van der Waals surface area contributed by atoms with Crippen molar-refractivity contribution in [1.82, 2.24) is 9.38 Å². The highest BCUT2D eigenvalue weighted by Gasteiger charge is 2.11. The minimum absolute atomic E-state index is 1.01. The molecule has 4 aromatic rings. The van der Waals surface area contributed by atoms with Gasteiger partial charge in [-0.3, -0.25) is 4.40 Å². The van der Waals surface area contributed by atoms with Crippen molar-refractivity contribution in [2.24, 2.45) is 0 Å². The number of aryl methyl sites for hydroxylation is 1. The average Bonchev–Trinajstić information content (AvgIpc) is 2.92. The molecule has 0 unspecified atom stereocenters. The van der Waals surface area contributed by atoms with Crippen LogP contribution in [0.25, 0.3) is 27.3 Å². The Hall–Kier alpha value is -1.87. The summed E-state index contributed by atoms with van der Waals surface area (Å²) in [5.41, 5.74) is 3.43. The minimum Gasteiger partial charge on any atom is -0.298 e. The molecule has 92 valence electrons. The molecule has 4 rings (SSSR count). The van der Waals surface area contributed by atoms with Crippen molar-refractivity contribution in [1.29, 1.82) is 0 Å². The predicted molar refractivity (Wildman–Crippen MR) is 82.6 cm³/mol. The molecule has 0 aliphatic carbocycles. The highest BCUT2D eigenvalue weighted by Crippen LogP contribution is 2.34.